The second-order valence-electron chi connectivity index (χ2n) is 4.04. The second-order valence-corrected chi connectivity index (χ2v) is 5.41. The minimum Gasteiger partial charge on any atom is -0.497 e. The highest BCUT2D eigenvalue weighted by atomic mass is 32.1. The fraction of sp³-hybridized carbons (Fsp3) is 0.214. The van der Waals surface area contributed by atoms with Gasteiger partial charge in [0.15, 0.2) is 0 Å². The molecule has 0 spiro atoms. The lowest BCUT2D eigenvalue weighted by Crippen LogP contribution is -2.23. The summed E-state index contributed by atoms with van der Waals surface area (Å²) >= 11 is 1.61. The van der Waals surface area contributed by atoms with E-state index in [1.807, 2.05) is 19.1 Å². The summed E-state index contributed by atoms with van der Waals surface area (Å²) in [6.45, 7) is 2.40. The average molecular weight is 279 g/mol. The number of amides is 1. The van der Waals surface area contributed by atoms with Crippen molar-refractivity contribution >= 4 is 17.2 Å². The summed E-state index contributed by atoms with van der Waals surface area (Å²) in [5.41, 5.74) is 0.0223. The van der Waals surface area contributed by atoms with Crippen molar-refractivity contribution < 1.29 is 13.9 Å². The highest BCUT2D eigenvalue weighted by Crippen LogP contribution is 2.17. The van der Waals surface area contributed by atoms with Crippen LogP contribution >= 0.6 is 11.3 Å². The van der Waals surface area contributed by atoms with Gasteiger partial charge < -0.3 is 10.1 Å². The van der Waals surface area contributed by atoms with E-state index >= 15 is 0 Å². The molecular weight excluding hydrogens is 265 g/mol. The Balaban J connectivity index is 2.03. The Morgan fingerprint density at radius 2 is 2.16 bits per heavy atom. The second kappa shape index (κ2) is 5.84. The van der Waals surface area contributed by atoms with Gasteiger partial charge in [0.25, 0.3) is 5.91 Å². The molecule has 2 rings (SSSR count). The first-order valence-electron chi connectivity index (χ1n) is 5.77. The first kappa shape index (κ1) is 13.5. The number of halogens is 1. The molecule has 0 atom stereocenters. The molecule has 0 saturated carbocycles. The molecule has 19 heavy (non-hydrogen) atoms. The number of ether oxygens (including phenoxy) is 1. The van der Waals surface area contributed by atoms with Gasteiger partial charge in [0, 0.05) is 15.8 Å². The quantitative estimate of drug-likeness (QED) is 0.933. The molecule has 5 heteroatoms. The molecule has 1 aromatic heterocycles. The van der Waals surface area contributed by atoms with Crippen molar-refractivity contribution in [2.24, 2.45) is 0 Å². The average Bonchev–Trinajstić information content (AvgIpc) is 2.81. The number of carbonyl (C=O) groups is 1. The van der Waals surface area contributed by atoms with E-state index in [1.165, 1.54) is 24.1 Å². The predicted molar refractivity (Wildman–Crippen MR) is 73.2 cm³/mol. The molecular formula is C14H14FNO2S. The fourth-order valence-corrected chi connectivity index (χ4v) is 2.48. The maximum Gasteiger partial charge on any atom is 0.254 e. The van der Waals surface area contributed by atoms with Crippen LogP contribution in [-0.4, -0.2) is 13.0 Å². The van der Waals surface area contributed by atoms with Crippen LogP contribution in [0.5, 0.6) is 5.75 Å². The van der Waals surface area contributed by atoms with Crippen LogP contribution in [0, 0.1) is 12.7 Å². The van der Waals surface area contributed by atoms with Gasteiger partial charge in [-0.1, -0.05) is 0 Å². The number of hydrogen-bond donors (Lipinski definition) is 1. The van der Waals surface area contributed by atoms with Crippen molar-refractivity contribution in [3.05, 3.63) is 51.5 Å². The van der Waals surface area contributed by atoms with Gasteiger partial charge in [-0.3, -0.25) is 4.79 Å². The maximum absolute atomic E-state index is 13.7. The van der Waals surface area contributed by atoms with Gasteiger partial charge in [-0.2, -0.15) is 0 Å². The summed E-state index contributed by atoms with van der Waals surface area (Å²) < 4.78 is 18.6. The number of benzene rings is 1. The van der Waals surface area contributed by atoms with E-state index in [2.05, 4.69) is 5.32 Å². The van der Waals surface area contributed by atoms with Gasteiger partial charge in [0.2, 0.25) is 0 Å². The molecule has 0 aliphatic rings. The lowest BCUT2D eigenvalue weighted by molar-refractivity contribution is 0.0947. The minimum atomic E-state index is -0.584. The van der Waals surface area contributed by atoms with Crippen molar-refractivity contribution in [3.63, 3.8) is 0 Å². The molecule has 1 heterocycles. The molecule has 0 fully saturated rings. The largest absolute Gasteiger partial charge is 0.497 e. The van der Waals surface area contributed by atoms with Crippen LogP contribution in [0.3, 0.4) is 0 Å². The molecule has 1 aromatic carbocycles. The number of hydrogen-bond acceptors (Lipinski definition) is 3. The Hall–Kier alpha value is -1.88. The summed E-state index contributed by atoms with van der Waals surface area (Å²) in [4.78, 5) is 14.1. The number of aryl methyl sites for hydroxylation is 1. The summed E-state index contributed by atoms with van der Waals surface area (Å²) in [5, 5.41) is 2.70. The third kappa shape index (κ3) is 3.32. The first-order chi connectivity index (χ1) is 9.10. The Bertz CT molecular complexity index is 595. The van der Waals surface area contributed by atoms with E-state index in [0.29, 0.717) is 12.3 Å². The summed E-state index contributed by atoms with van der Waals surface area (Å²) in [5.74, 6) is -0.617. The van der Waals surface area contributed by atoms with Crippen LogP contribution in [0.25, 0.3) is 0 Å². The van der Waals surface area contributed by atoms with Crippen LogP contribution in [0.1, 0.15) is 20.1 Å². The van der Waals surface area contributed by atoms with Gasteiger partial charge in [-0.25, -0.2) is 4.39 Å². The number of methoxy groups -OCH3 is 1. The predicted octanol–water partition coefficient (Wildman–Crippen LogP) is 3.13. The van der Waals surface area contributed by atoms with Crippen LogP contribution in [0.2, 0.25) is 0 Å². The van der Waals surface area contributed by atoms with Crippen molar-refractivity contribution in [1.29, 1.82) is 0 Å². The van der Waals surface area contributed by atoms with Gasteiger partial charge in [0.05, 0.1) is 19.2 Å². The standard InChI is InChI=1S/C14H14FNO2S/c1-9-3-5-11(19-9)8-16-14(17)12-6-4-10(18-2)7-13(12)15/h3-7H,8H2,1-2H3,(H,16,17). The summed E-state index contributed by atoms with van der Waals surface area (Å²) in [6, 6.07) is 8.12. The Kier molecular flexibility index (Phi) is 4.16. The molecule has 3 nitrogen and oxygen atoms in total. The Morgan fingerprint density at radius 1 is 1.37 bits per heavy atom. The highest BCUT2D eigenvalue weighted by molar-refractivity contribution is 7.11. The highest BCUT2D eigenvalue weighted by Gasteiger charge is 2.12. The number of rotatable bonds is 4. The fourth-order valence-electron chi connectivity index (χ4n) is 1.65. The normalized spacial score (nSPS) is 10.3. The van der Waals surface area contributed by atoms with Crippen LogP contribution in [0.4, 0.5) is 4.39 Å². The van der Waals surface area contributed by atoms with Crippen LogP contribution in [-0.2, 0) is 6.54 Å². The third-order valence-corrected chi connectivity index (χ3v) is 3.64. The topological polar surface area (TPSA) is 38.3 Å². The number of carbonyl (C=O) groups excluding carboxylic acids is 1. The van der Waals surface area contributed by atoms with Crippen molar-refractivity contribution in [2.45, 2.75) is 13.5 Å². The molecule has 0 aliphatic heterocycles. The molecule has 2 aromatic rings. The Labute approximate surface area is 115 Å². The van der Waals surface area contributed by atoms with E-state index in [1.54, 1.807) is 17.4 Å². The third-order valence-electron chi connectivity index (χ3n) is 2.64. The zero-order valence-corrected chi connectivity index (χ0v) is 11.5. The van der Waals surface area contributed by atoms with Crippen molar-refractivity contribution in [3.8, 4) is 5.75 Å². The van der Waals surface area contributed by atoms with Gasteiger partial charge >= 0.3 is 0 Å². The minimum absolute atomic E-state index is 0.0223. The molecule has 100 valence electrons. The summed E-state index contributed by atoms with van der Waals surface area (Å²) in [7, 11) is 1.45. The summed E-state index contributed by atoms with van der Waals surface area (Å²) in [6.07, 6.45) is 0. The molecule has 0 radical (unpaired) electrons. The van der Waals surface area contributed by atoms with Crippen LogP contribution < -0.4 is 10.1 Å². The van der Waals surface area contributed by atoms with E-state index in [-0.39, 0.29) is 5.56 Å². The monoisotopic (exact) mass is 279 g/mol. The van der Waals surface area contributed by atoms with Crippen molar-refractivity contribution in [2.75, 3.05) is 7.11 Å². The molecule has 0 aliphatic carbocycles. The maximum atomic E-state index is 13.7. The number of nitrogens with one attached hydrogen (secondary N) is 1. The smallest absolute Gasteiger partial charge is 0.254 e. The SMILES string of the molecule is COc1ccc(C(=O)NCc2ccc(C)s2)c(F)c1. The van der Waals surface area contributed by atoms with E-state index in [0.717, 1.165) is 4.88 Å². The van der Waals surface area contributed by atoms with Crippen LogP contribution in [0.15, 0.2) is 30.3 Å². The van der Waals surface area contributed by atoms with Crippen molar-refractivity contribution in [1.82, 2.24) is 5.32 Å². The zero-order chi connectivity index (χ0) is 13.8. The molecule has 0 bridgehead atoms. The lowest BCUT2D eigenvalue weighted by atomic mass is 10.2. The zero-order valence-electron chi connectivity index (χ0n) is 10.7. The molecule has 0 saturated heterocycles. The van der Waals surface area contributed by atoms with Gasteiger partial charge in [-0.05, 0) is 31.2 Å². The first-order valence-corrected chi connectivity index (χ1v) is 6.59. The van der Waals surface area contributed by atoms with Gasteiger partial charge in [-0.15, -0.1) is 11.3 Å². The molecule has 1 N–H and O–H groups in total. The van der Waals surface area contributed by atoms with E-state index in [9.17, 15) is 9.18 Å². The number of thiophene rings is 1. The van der Waals surface area contributed by atoms with E-state index in [4.69, 9.17) is 4.74 Å². The molecule has 0 unspecified atom stereocenters. The lowest BCUT2D eigenvalue weighted by Gasteiger charge is -2.06. The Morgan fingerprint density at radius 3 is 2.74 bits per heavy atom. The van der Waals surface area contributed by atoms with Gasteiger partial charge in [0.1, 0.15) is 11.6 Å². The van der Waals surface area contributed by atoms with E-state index < -0.39 is 11.7 Å². The molecule has 1 amide bonds.